The molecule has 8 aromatic carbocycles. The van der Waals surface area contributed by atoms with E-state index in [1.807, 2.05) is 11.3 Å². The molecule has 0 bridgehead atoms. The molecule has 200 valence electrons. The fraction of sp³-hybridized carbons (Fsp3) is 0. The first-order valence-electron chi connectivity index (χ1n) is 14.8. The SMILES string of the molecule is c1ccc(-c2csc3ccc4ccccc4c23)c(-c2c(-c3cccc4ccccc34)ccc3cc4ccccc4cc23)c1. The van der Waals surface area contributed by atoms with Crippen molar-refractivity contribution in [3.05, 3.63) is 157 Å². The maximum Gasteiger partial charge on any atom is 0.0355 e. The molecule has 0 aliphatic carbocycles. The molecule has 0 unspecified atom stereocenters. The summed E-state index contributed by atoms with van der Waals surface area (Å²) in [7, 11) is 0. The van der Waals surface area contributed by atoms with Crippen LogP contribution in [0.25, 0.3) is 86.6 Å². The van der Waals surface area contributed by atoms with Crippen LogP contribution in [0.2, 0.25) is 0 Å². The Morgan fingerprint density at radius 1 is 0.326 bits per heavy atom. The van der Waals surface area contributed by atoms with Gasteiger partial charge in [0.15, 0.2) is 0 Å². The molecule has 0 nitrogen and oxygen atoms in total. The van der Waals surface area contributed by atoms with Crippen LogP contribution < -0.4 is 0 Å². The molecule has 43 heavy (non-hydrogen) atoms. The van der Waals surface area contributed by atoms with Gasteiger partial charge >= 0.3 is 0 Å². The minimum Gasteiger partial charge on any atom is -0.143 e. The van der Waals surface area contributed by atoms with Crippen molar-refractivity contribution in [3.8, 4) is 33.4 Å². The van der Waals surface area contributed by atoms with E-state index in [9.17, 15) is 0 Å². The molecule has 0 radical (unpaired) electrons. The van der Waals surface area contributed by atoms with E-state index in [1.165, 1.54) is 86.6 Å². The van der Waals surface area contributed by atoms with Crippen LogP contribution in [0, 0.1) is 0 Å². The highest BCUT2D eigenvalue weighted by atomic mass is 32.1. The van der Waals surface area contributed by atoms with E-state index in [0.29, 0.717) is 0 Å². The van der Waals surface area contributed by atoms with Gasteiger partial charge in [-0.25, -0.2) is 0 Å². The molecule has 0 amide bonds. The Labute approximate surface area is 254 Å². The average Bonchev–Trinajstić information content (AvgIpc) is 3.51. The number of thiophene rings is 1. The van der Waals surface area contributed by atoms with Crippen molar-refractivity contribution < 1.29 is 0 Å². The number of benzene rings is 8. The first-order valence-corrected chi connectivity index (χ1v) is 15.6. The van der Waals surface area contributed by atoms with Crippen molar-refractivity contribution in [2.24, 2.45) is 0 Å². The van der Waals surface area contributed by atoms with Gasteiger partial charge in [-0.3, -0.25) is 0 Å². The lowest BCUT2D eigenvalue weighted by atomic mass is 9.84. The number of hydrogen-bond donors (Lipinski definition) is 0. The summed E-state index contributed by atoms with van der Waals surface area (Å²) in [5.74, 6) is 0. The standard InChI is InChI=1S/C42H26S/c1-2-13-30-25-38-31(24-29(30)12-1)20-22-37(34-19-9-14-27-10-3-5-15-32(27)34)41(38)36-18-8-7-17-35(36)39-26-43-40-23-21-28-11-4-6-16-33(28)42(39)40/h1-26H. The third-order valence-corrected chi connectivity index (χ3v) is 9.86. The molecule has 0 spiro atoms. The van der Waals surface area contributed by atoms with Crippen molar-refractivity contribution in [2.75, 3.05) is 0 Å². The molecular weight excluding hydrogens is 537 g/mol. The summed E-state index contributed by atoms with van der Waals surface area (Å²) in [5, 5.41) is 13.9. The third-order valence-electron chi connectivity index (χ3n) is 8.92. The third kappa shape index (κ3) is 3.82. The number of hydrogen-bond acceptors (Lipinski definition) is 1. The van der Waals surface area contributed by atoms with Crippen LogP contribution in [-0.4, -0.2) is 0 Å². The summed E-state index contributed by atoms with van der Waals surface area (Å²) < 4.78 is 1.32. The van der Waals surface area contributed by atoms with Gasteiger partial charge < -0.3 is 0 Å². The quantitative estimate of drug-likeness (QED) is 0.188. The highest BCUT2D eigenvalue weighted by Gasteiger charge is 2.20. The number of rotatable bonds is 3. The minimum atomic E-state index is 1.26. The molecule has 1 heteroatoms. The molecule has 1 heterocycles. The molecule has 0 aliphatic rings. The molecule has 0 saturated carbocycles. The molecule has 9 aromatic rings. The second kappa shape index (κ2) is 9.66. The average molecular weight is 563 g/mol. The zero-order valence-corrected chi connectivity index (χ0v) is 24.2. The smallest absolute Gasteiger partial charge is 0.0355 e. The maximum absolute atomic E-state index is 2.40. The van der Waals surface area contributed by atoms with Gasteiger partial charge in [0.1, 0.15) is 0 Å². The van der Waals surface area contributed by atoms with Crippen LogP contribution in [0.1, 0.15) is 0 Å². The van der Waals surface area contributed by atoms with Gasteiger partial charge in [0.25, 0.3) is 0 Å². The highest BCUT2D eigenvalue weighted by Crippen LogP contribution is 2.47. The Morgan fingerprint density at radius 2 is 0.930 bits per heavy atom. The number of fused-ring (bicyclic) bond motifs is 6. The van der Waals surface area contributed by atoms with Crippen molar-refractivity contribution in [2.45, 2.75) is 0 Å². The lowest BCUT2D eigenvalue weighted by Crippen LogP contribution is -1.92. The predicted molar refractivity (Wildman–Crippen MR) is 188 cm³/mol. The zero-order valence-electron chi connectivity index (χ0n) is 23.4. The molecule has 0 saturated heterocycles. The van der Waals surface area contributed by atoms with Gasteiger partial charge in [-0.05, 0) is 94.5 Å². The van der Waals surface area contributed by atoms with E-state index in [0.717, 1.165) is 0 Å². The van der Waals surface area contributed by atoms with Gasteiger partial charge in [0.05, 0.1) is 0 Å². The Balaban J connectivity index is 1.42. The van der Waals surface area contributed by atoms with Gasteiger partial charge in [-0.2, -0.15) is 0 Å². The van der Waals surface area contributed by atoms with Crippen molar-refractivity contribution >= 4 is 64.5 Å². The molecule has 0 N–H and O–H groups in total. The monoisotopic (exact) mass is 562 g/mol. The van der Waals surface area contributed by atoms with Gasteiger partial charge in [0.2, 0.25) is 0 Å². The van der Waals surface area contributed by atoms with Crippen LogP contribution in [0.3, 0.4) is 0 Å². The van der Waals surface area contributed by atoms with Crippen LogP contribution in [-0.2, 0) is 0 Å². The van der Waals surface area contributed by atoms with Crippen LogP contribution in [0.5, 0.6) is 0 Å². The Bertz CT molecular complexity index is 2510. The first kappa shape index (κ1) is 24.4. The zero-order chi connectivity index (χ0) is 28.3. The van der Waals surface area contributed by atoms with E-state index in [4.69, 9.17) is 0 Å². The van der Waals surface area contributed by atoms with Crippen LogP contribution in [0.4, 0.5) is 0 Å². The summed E-state index contributed by atoms with van der Waals surface area (Å²) in [4.78, 5) is 0. The van der Waals surface area contributed by atoms with E-state index in [2.05, 4.69) is 157 Å². The van der Waals surface area contributed by atoms with E-state index < -0.39 is 0 Å². The predicted octanol–water partition coefficient (Wildman–Crippen LogP) is 12.5. The molecule has 0 aliphatic heterocycles. The Kier molecular flexibility index (Phi) is 5.47. The first-order chi connectivity index (χ1) is 21.3. The minimum absolute atomic E-state index is 1.26. The Hall–Kier alpha value is -5.24. The van der Waals surface area contributed by atoms with Crippen LogP contribution >= 0.6 is 11.3 Å². The lowest BCUT2D eigenvalue weighted by molar-refractivity contribution is 1.62. The Morgan fingerprint density at radius 3 is 1.77 bits per heavy atom. The van der Waals surface area contributed by atoms with Gasteiger partial charge in [0, 0.05) is 15.6 Å². The fourth-order valence-corrected chi connectivity index (χ4v) is 7.91. The maximum atomic E-state index is 2.40. The largest absolute Gasteiger partial charge is 0.143 e. The lowest BCUT2D eigenvalue weighted by Gasteiger charge is -2.19. The van der Waals surface area contributed by atoms with E-state index in [1.54, 1.807) is 0 Å². The van der Waals surface area contributed by atoms with Crippen molar-refractivity contribution in [1.82, 2.24) is 0 Å². The molecule has 1 aromatic heterocycles. The van der Waals surface area contributed by atoms with E-state index >= 15 is 0 Å². The van der Waals surface area contributed by atoms with E-state index in [-0.39, 0.29) is 0 Å². The summed E-state index contributed by atoms with van der Waals surface area (Å²) in [5.41, 5.74) is 7.64. The highest BCUT2D eigenvalue weighted by molar-refractivity contribution is 7.18. The fourth-order valence-electron chi connectivity index (χ4n) is 6.93. The summed E-state index contributed by atoms with van der Waals surface area (Å²) in [6.07, 6.45) is 0. The van der Waals surface area contributed by atoms with Crippen molar-refractivity contribution in [1.29, 1.82) is 0 Å². The molecule has 0 atom stereocenters. The summed E-state index contributed by atoms with van der Waals surface area (Å²) in [6.45, 7) is 0. The molecular formula is C42H26S. The van der Waals surface area contributed by atoms with Gasteiger partial charge in [-0.1, -0.05) is 133 Å². The van der Waals surface area contributed by atoms with Crippen molar-refractivity contribution in [3.63, 3.8) is 0 Å². The second-order valence-corrected chi connectivity index (χ2v) is 12.2. The van der Waals surface area contributed by atoms with Gasteiger partial charge in [-0.15, -0.1) is 11.3 Å². The normalized spacial score (nSPS) is 11.7. The second-order valence-electron chi connectivity index (χ2n) is 11.3. The summed E-state index contributed by atoms with van der Waals surface area (Å²) in [6, 6.07) is 55.8. The molecule has 0 fully saturated rings. The summed E-state index contributed by atoms with van der Waals surface area (Å²) >= 11 is 1.84. The topological polar surface area (TPSA) is 0 Å². The molecule has 9 rings (SSSR count). The van der Waals surface area contributed by atoms with Crippen LogP contribution in [0.15, 0.2) is 157 Å².